The minimum Gasteiger partial charge on any atom is -0.477 e. The third kappa shape index (κ3) is 3.10. The van der Waals surface area contributed by atoms with Crippen molar-refractivity contribution in [3.8, 4) is 11.9 Å². The van der Waals surface area contributed by atoms with Gasteiger partial charge < -0.3 is 19.1 Å². The SMILES string of the molecule is CN1c2nc(OC[C@@]34CCCN3C[C@H](F)C4)nc3c(F)c(Cl)nc(c23)OC[C@@H]2COC[C@H]21. The molecule has 0 radical (unpaired) electrons. The Morgan fingerprint density at radius 3 is 3.00 bits per heavy atom. The van der Waals surface area contributed by atoms with Crippen LogP contribution in [0.3, 0.4) is 0 Å². The zero-order chi connectivity index (χ0) is 22.0. The lowest BCUT2D eigenvalue weighted by atomic mass is 9.95. The Morgan fingerprint density at radius 2 is 2.12 bits per heavy atom. The van der Waals surface area contributed by atoms with Crippen molar-refractivity contribution in [2.24, 2.45) is 5.92 Å². The van der Waals surface area contributed by atoms with Crippen molar-refractivity contribution >= 4 is 28.3 Å². The molecule has 8 nitrogen and oxygen atoms in total. The molecule has 32 heavy (non-hydrogen) atoms. The first-order chi connectivity index (χ1) is 15.4. The van der Waals surface area contributed by atoms with Crippen molar-refractivity contribution < 1.29 is 23.0 Å². The van der Waals surface area contributed by atoms with E-state index in [2.05, 4.69) is 19.9 Å². The molecule has 6 rings (SSSR count). The third-order valence-corrected chi connectivity index (χ3v) is 7.58. The van der Waals surface area contributed by atoms with Crippen LogP contribution in [0.4, 0.5) is 14.6 Å². The molecule has 2 aromatic rings. The lowest BCUT2D eigenvalue weighted by Gasteiger charge is -2.33. The number of anilines is 1. The maximum Gasteiger partial charge on any atom is 0.319 e. The molecule has 3 saturated heterocycles. The summed E-state index contributed by atoms with van der Waals surface area (Å²) in [5, 5.41) is 0.0413. The molecule has 0 saturated carbocycles. The Balaban J connectivity index is 1.42. The van der Waals surface area contributed by atoms with Crippen molar-refractivity contribution in [1.82, 2.24) is 19.9 Å². The van der Waals surface area contributed by atoms with Crippen molar-refractivity contribution in [2.75, 3.05) is 51.5 Å². The minimum absolute atomic E-state index is 0.000201. The summed E-state index contributed by atoms with van der Waals surface area (Å²) in [6.07, 6.45) is 1.42. The van der Waals surface area contributed by atoms with Gasteiger partial charge in [-0.1, -0.05) is 11.6 Å². The topological polar surface area (TPSA) is 72.8 Å². The molecule has 0 bridgehead atoms. The smallest absolute Gasteiger partial charge is 0.319 e. The highest BCUT2D eigenvalue weighted by molar-refractivity contribution is 6.30. The lowest BCUT2D eigenvalue weighted by Crippen LogP contribution is -2.44. The first-order valence-corrected chi connectivity index (χ1v) is 11.3. The van der Waals surface area contributed by atoms with E-state index < -0.39 is 12.0 Å². The molecule has 0 spiro atoms. The van der Waals surface area contributed by atoms with E-state index in [-0.39, 0.29) is 46.7 Å². The third-order valence-electron chi connectivity index (χ3n) is 7.33. The van der Waals surface area contributed by atoms with Crippen LogP contribution in [0.5, 0.6) is 11.9 Å². The van der Waals surface area contributed by atoms with Gasteiger partial charge in [0.2, 0.25) is 5.88 Å². The van der Waals surface area contributed by atoms with Gasteiger partial charge in [0.1, 0.15) is 29.5 Å². The van der Waals surface area contributed by atoms with Crippen LogP contribution in [0.1, 0.15) is 19.3 Å². The summed E-state index contributed by atoms with van der Waals surface area (Å²) in [6, 6.07) is 0.0462. The number of fused-ring (bicyclic) bond motifs is 2. The van der Waals surface area contributed by atoms with Gasteiger partial charge in [0.25, 0.3) is 0 Å². The predicted molar refractivity (Wildman–Crippen MR) is 113 cm³/mol. The Labute approximate surface area is 188 Å². The van der Waals surface area contributed by atoms with Gasteiger partial charge in [-0.3, -0.25) is 4.90 Å². The van der Waals surface area contributed by atoms with Crippen molar-refractivity contribution in [1.29, 1.82) is 0 Å². The second kappa shape index (κ2) is 7.50. The van der Waals surface area contributed by atoms with Crippen LogP contribution in [0.15, 0.2) is 0 Å². The van der Waals surface area contributed by atoms with E-state index >= 15 is 4.39 Å². The molecule has 3 fully saturated rings. The fourth-order valence-electron chi connectivity index (χ4n) is 5.67. The van der Waals surface area contributed by atoms with E-state index in [1.54, 1.807) is 0 Å². The summed E-state index contributed by atoms with van der Waals surface area (Å²) in [5.74, 6) is 0.0146. The Morgan fingerprint density at radius 1 is 1.25 bits per heavy atom. The summed E-state index contributed by atoms with van der Waals surface area (Å²) in [5.41, 5.74) is -0.359. The van der Waals surface area contributed by atoms with Gasteiger partial charge >= 0.3 is 6.01 Å². The molecule has 0 amide bonds. The molecular formula is C21H24ClF2N5O3. The molecule has 4 aliphatic heterocycles. The summed E-state index contributed by atoms with van der Waals surface area (Å²) in [4.78, 5) is 17.2. The molecule has 0 aliphatic carbocycles. The molecule has 0 aromatic carbocycles. The van der Waals surface area contributed by atoms with Gasteiger partial charge in [0, 0.05) is 25.9 Å². The number of alkyl halides is 1. The van der Waals surface area contributed by atoms with Gasteiger partial charge in [-0.05, 0) is 19.4 Å². The first-order valence-electron chi connectivity index (χ1n) is 11.0. The number of ether oxygens (including phenoxy) is 3. The van der Waals surface area contributed by atoms with E-state index in [0.29, 0.717) is 44.0 Å². The van der Waals surface area contributed by atoms with Crippen LogP contribution < -0.4 is 14.4 Å². The Kier molecular flexibility index (Phi) is 4.82. The second-order valence-electron chi connectivity index (χ2n) is 9.23. The van der Waals surface area contributed by atoms with Crippen LogP contribution >= 0.6 is 11.6 Å². The number of hydrogen-bond acceptors (Lipinski definition) is 8. The van der Waals surface area contributed by atoms with E-state index in [1.165, 1.54) is 0 Å². The summed E-state index contributed by atoms with van der Waals surface area (Å²) in [6.45, 7) is 2.98. The van der Waals surface area contributed by atoms with Gasteiger partial charge in [0.05, 0.1) is 31.4 Å². The summed E-state index contributed by atoms with van der Waals surface area (Å²) < 4.78 is 46.7. The quantitative estimate of drug-likeness (QED) is 0.638. The molecule has 172 valence electrons. The molecule has 4 atom stereocenters. The maximum absolute atomic E-state index is 15.0. The Bertz CT molecular complexity index is 1080. The number of aromatic nitrogens is 3. The second-order valence-corrected chi connectivity index (χ2v) is 9.58. The molecule has 0 unspecified atom stereocenters. The highest BCUT2D eigenvalue weighted by atomic mass is 35.5. The monoisotopic (exact) mass is 467 g/mol. The summed E-state index contributed by atoms with van der Waals surface area (Å²) >= 11 is 6.06. The molecule has 4 aliphatic rings. The number of halogens is 3. The number of pyridine rings is 1. The van der Waals surface area contributed by atoms with Gasteiger partial charge in [-0.2, -0.15) is 15.0 Å². The standard InChI is InChI=1S/C21H24ClF2N5O3/c1-28-13-9-30-7-11(13)8-31-19-14-16(15(24)17(22)26-19)25-20(27-18(14)28)32-10-21-3-2-4-29(21)6-12(23)5-21/h11-13H,2-10H2,1H3/t11-,12+,13+,21-/m0/s1. The largest absolute Gasteiger partial charge is 0.477 e. The fourth-order valence-corrected chi connectivity index (χ4v) is 5.83. The lowest BCUT2D eigenvalue weighted by molar-refractivity contribution is 0.107. The van der Waals surface area contributed by atoms with E-state index in [9.17, 15) is 4.39 Å². The minimum atomic E-state index is -0.864. The molecule has 6 heterocycles. The Hall–Kier alpha value is -2.04. The van der Waals surface area contributed by atoms with Crippen molar-refractivity contribution in [3.05, 3.63) is 11.0 Å². The molecule has 0 N–H and O–H groups in total. The molecule has 2 aromatic heterocycles. The van der Waals surface area contributed by atoms with Crippen molar-refractivity contribution in [2.45, 2.75) is 37.0 Å². The predicted octanol–water partition coefficient (Wildman–Crippen LogP) is 2.62. The van der Waals surface area contributed by atoms with Gasteiger partial charge in [0.15, 0.2) is 11.0 Å². The van der Waals surface area contributed by atoms with Crippen LogP contribution in [-0.4, -0.2) is 84.2 Å². The van der Waals surface area contributed by atoms with Crippen LogP contribution in [0.2, 0.25) is 5.15 Å². The van der Waals surface area contributed by atoms with Gasteiger partial charge in [-0.25, -0.2) is 8.78 Å². The first kappa shape index (κ1) is 20.6. The molecular weight excluding hydrogens is 444 g/mol. The zero-order valence-electron chi connectivity index (χ0n) is 17.7. The average molecular weight is 468 g/mol. The van der Waals surface area contributed by atoms with Crippen LogP contribution in [-0.2, 0) is 4.74 Å². The van der Waals surface area contributed by atoms with Crippen LogP contribution in [0, 0.1) is 11.7 Å². The number of rotatable bonds is 3. The fraction of sp³-hybridized carbons (Fsp3) is 0.667. The van der Waals surface area contributed by atoms with Crippen molar-refractivity contribution in [3.63, 3.8) is 0 Å². The van der Waals surface area contributed by atoms with E-state index in [0.717, 1.165) is 19.4 Å². The maximum atomic E-state index is 15.0. The number of nitrogens with zero attached hydrogens (tertiary/aromatic N) is 5. The normalized spacial score (nSPS) is 31.9. The average Bonchev–Trinajstić information content (AvgIpc) is 3.46. The van der Waals surface area contributed by atoms with Crippen LogP contribution in [0.25, 0.3) is 10.9 Å². The highest BCUT2D eigenvalue weighted by Gasteiger charge is 2.49. The highest BCUT2D eigenvalue weighted by Crippen LogP contribution is 2.42. The molecule has 11 heteroatoms. The number of hydrogen-bond donors (Lipinski definition) is 0. The van der Waals surface area contributed by atoms with E-state index in [1.807, 2.05) is 11.9 Å². The zero-order valence-corrected chi connectivity index (χ0v) is 18.4. The number of likely N-dealkylation sites (N-methyl/N-ethyl adjacent to an activating group) is 1. The van der Waals surface area contributed by atoms with Gasteiger partial charge in [-0.15, -0.1) is 0 Å². The summed E-state index contributed by atoms with van der Waals surface area (Å²) in [7, 11) is 1.89. The van der Waals surface area contributed by atoms with E-state index in [4.69, 9.17) is 25.8 Å².